The average molecular weight is 265 g/mol. The molecule has 0 spiro atoms. The van der Waals surface area contributed by atoms with Crippen molar-refractivity contribution < 1.29 is 8.42 Å². The molecule has 2 rings (SSSR count). The van der Waals surface area contributed by atoms with Gasteiger partial charge in [-0.2, -0.15) is 5.26 Å². The SMILES string of the molecule is N#Cc1cccnc1S(=O)(=O)CC1CCNCC1. The van der Waals surface area contributed by atoms with E-state index in [-0.39, 0.29) is 22.3 Å². The van der Waals surface area contributed by atoms with Crippen LogP contribution >= 0.6 is 0 Å². The van der Waals surface area contributed by atoms with Gasteiger partial charge in [-0.1, -0.05) is 0 Å². The van der Waals surface area contributed by atoms with Gasteiger partial charge in [0.15, 0.2) is 14.9 Å². The van der Waals surface area contributed by atoms with Crippen LogP contribution in [0.5, 0.6) is 0 Å². The molecule has 0 bridgehead atoms. The van der Waals surface area contributed by atoms with Crippen molar-refractivity contribution in [2.45, 2.75) is 17.9 Å². The van der Waals surface area contributed by atoms with Gasteiger partial charge in [0.1, 0.15) is 6.07 Å². The molecule has 0 saturated carbocycles. The minimum Gasteiger partial charge on any atom is -0.317 e. The zero-order valence-corrected chi connectivity index (χ0v) is 10.8. The van der Waals surface area contributed by atoms with Crippen LogP contribution < -0.4 is 5.32 Å². The quantitative estimate of drug-likeness (QED) is 0.871. The molecule has 1 aliphatic rings. The summed E-state index contributed by atoms with van der Waals surface area (Å²) in [5.41, 5.74) is 0.131. The third-order valence-electron chi connectivity index (χ3n) is 3.10. The van der Waals surface area contributed by atoms with Gasteiger partial charge in [0.05, 0.1) is 11.3 Å². The minimum absolute atomic E-state index is 0.0777. The highest BCUT2D eigenvalue weighted by Gasteiger charge is 2.26. The number of pyridine rings is 1. The van der Waals surface area contributed by atoms with E-state index in [0.717, 1.165) is 25.9 Å². The number of nitrogens with zero attached hydrogens (tertiary/aromatic N) is 2. The number of rotatable bonds is 3. The van der Waals surface area contributed by atoms with Crippen LogP contribution in [-0.4, -0.2) is 32.2 Å². The summed E-state index contributed by atoms with van der Waals surface area (Å²) < 4.78 is 24.5. The summed E-state index contributed by atoms with van der Waals surface area (Å²) in [4.78, 5) is 3.86. The first-order valence-electron chi connectivity index (χ1n) is 5.92. The fourth-order valence-corrected chi connectivity index (χ4v) is 3.94. The van der Waals surface area contributed by atoms with Gasteiger partial charge in [0.2, 0.25) is 0 Å². The van der Waals surface area contributed by atoms with Crippen molar-refractivity contribution in [2.24, 2.45) is 5.92 Å². The van der Waals surface area contributed by atoms with Crippen LogP contribution in [0.15, 0.2) is 23.4 Å². The van der Waals surface area contributed by atoms with Crippen LogP contribution in [0.1, 0.15) is 18.4 Å². The number of hydrogen-bond acceptors (Lipinski definition) is 5. The van der Waals surface area contributed by atoms with Gasteiger partial charge in [-0.25, -0.2) is 13.4 Å². The van der Waals surface area contributed by atoms with E-state index in [1.54, 1.807) is 6.07 Å². The molecular formula is C12H15N3O2S. The molecular weight excluding hydrogens is 250 g/mol. The molecule has 0 aliphatic carbocycles. The Morgan fingerprint density at radius 3 is 2.83 bits per heavy atom. The van der Waals surface area contributed by atoms with E-state index in [9.17, 15) is 8.42 Å². The third-order valence-corrected chi connectivity index (χ3v) is 4.92. The first-order chi connectivity index (χ1) is 8.63. The number of nitriles is 1. The monoisotopic (exact) mass is 265 g/mol. The van der Waals surface area contributed by atoms with E-state index in [2.05, 4.69) is 10.3 Å². The fourth-order valence-electron chi connectivity index (χ4n) is 2.16. The van der Waals surface area contributed by atoms with E-state index < -0.39 is 9.84 Å². The fraction of sp³-hybridized carbons (Fsp3) is 0.500. The molecule has 1 aliphatic heterocycles. The lowest BCUT2D eigenvalue weighted by Gasteiger charge is -2.22. The lowest BCUT2D eigenvalue weighted by atomic mass is 10.0. The second-order valence-corrected chi connectivity index (χ2v) is 6.39. The minimum atomic E-state index is -3.46. The summed E-state index contributed by atoms with van der Waals surface area (Å²) in [5.74, 6) is 0.241. The predicted octanol–water partition coefficient (Wildman–Crippen LogP) is 0.727. The standard InChI is InChI=1S/C12H15N3O2S/c13-8-11-2-1-5-15-12(11)18(16,17)9-10-3-6-14-7-4-10/h1-2,5,10,14H,3-4,6-7,9H2. The number of nitrogens with one attached hydrogen (secondary N) is 1. The maximum absolute atomic E-state index is 12.2. The Bertz CT molecular complexity index is 557. The first-order valence-corrected chi connectivity index (χ1v) is 7.57. The Morgan fingerprint density at radius 1 is 1.44 bits per heavy atom. The average Bonchev–Trinajstić information content (AvgIpc) is 2.39. The van der Waals surface area contributed by atoms with Crippen LogP contribution in [0.25, 0.3) is 0 Å². The molecule has 0 unspecified atom stereocenters. The highest BCUT2D eigenvalue weighted by molar-refractivity contribution is 7.91. The maximum Gasteiger partial charge on any atom is 0.197 e. The molecule has 0 aromatic carbocycles. The third kappa shape index (κ3) is 2.86. The van der Waals surface area contributed by atoms with Crippen LogP contribution in [0, 0.1) is 17.2 Å². The molecule has 18 heavy (non-hydrogen) atoms. The summed E-state index contributed by atoms with van der Waals surface area (Å²) >= 11 is 0. The molecule has 1 N–H and O–H groups in total. The van der Waals surface area contributed by atoms with Gasteiger partial charge in [-0.3, -0.25) is 0 Å². The molecule has 0 atom stereocenters. The maximum atomic E-state index is 12.2. The zero-order chi connectivity index (χ0) is 13.0. The van der Waals surface area contributed by atoms with Crippen LogP contribution in [-0.2, 0) is 9.84 Å². The van der Waals surface area contributed by atoms with Gasteiger partial charge in [-0.15, -0.1) is 0 Å². The molecule has 1 aromatic rings. The Kier molecular flexibility index (Phi) is 3.94. The van der Waals surface area contributed by atoms with Gasteiger partial charge in [-0.05, 0) is 44.0 Å². The molecule has 6 heteroatoms. The van der Waals surface area contributed by atoms with Crippen molar-refractivity contribution in [3.63, 3.8) is 0 Å². The summed E-state index contributed by atoms with van der Waals surface area (Å²) in [6.45, 7) is 1.71. The molecule has 0 amide bonds. The summed E-state index contributed by atoms with van der Waals surface area (Å²) in [6, 6.07) is 4.94. The highest BCUT2D eigenvalue weighted by Crippen LogP contribution is 2.20. The topological polar surface area (TPSA) is 82.8 Å². The van der Waals surface area contributed by atoms with Crippen molar-refractivity contribution in [2.75, 3.05) is 18.8 Å². The molecule has 1 fully saturated rings. The first kappa shape index (κ1) is 13.0. The number of sulfone groups is 1. The summed E-state index contributed by atoms with van der Waals surface area (Å²) in [7, 11) is -3.46. The Hall–Kier alpha value is -1.45. The second-order valence-electron chi connectivity index (χ2n) is 4.44. The molecule has 1 aromatic heterocycles. The lowest BCUT2D eigenvalue weighted by Crippen LogP contribution is -2.31. The summed E-state index contributed by atoms with van der Waals surface area (Å²) in [6.07, 6.45) is 3.12. The van der Waals surface area contributed by atoms with Crippen molar-refractivity contribution in [1.82, 2.24) is 10.3 Å². The van der Waals surface area contributed by atoms with E-state index in [1.165, 1.54) is 12.3 Å². The molecule has 96 valence electrons. The number of piperidine rings is 1. The van der Waals surface area contributed by atoms with Gasteiger partial charge in [0.25, 0.3) is 0 Å². The lowest BCUT2D eigenvalue weighted by molar-refractivity contribution is 0.401. The van der Waals surface area contributed by atoms with E-state index in [4.69, 9.17) is 5.26 Å². The molecule has 0 radical (unpaired) electrons. The smallest absolute Gasteiger partial charge is 0.197 e. The zero-order valence-electron chi connectivity index (χ0n) is 9.96. The van der Waals surface area contributed by atoms with Gasteiger partial charge < -0.3 is 5.32 Å². The van der Waals surface area contributed by atoms with E-state index in [0.29, 0.717) is 0 Å². The van der Waals surface area contributed by atoms with Crippen LogP contribution in [0.3, 0.4) is 0 Å². The van der Waals surface area contributed by atoms with Gasteiger partial charge in [0, 0.05) is 6.20 Å². The van der Waals surface area contributed by atoms with Crippen LogP contribution in [0.2, 0.25) is 0 Å². The van der Waals surface area contributed by atoms with Crippen LogP contribution in [0.4, 0.5) is 0 Å². The van der Waals surface area contributed by atoms with E-state index >= 15 is 0 Å². The van der Waals surface area contributed by atoms with Crippen molar-refractivity contribution in [3.8, 4) is 6.07 Å². The normalized spacial score (nSPS) is 17.3. The number of aromatic nitrogens is 1. The molecule has 2 heterocycles. The van der Waals surface area contributed by atoms with Crippen molar-refractivity contribution in [3.05, 3.63) is 23.9 Å². The van der Waals surface area contributed by atoms with Crippen molar-refractivity contribution >= 4 is 9.84 Å². The van der Waals surface area contributed by atoms with Crippen molar-refractivity contribution in [1.29, 1.82) is 5.26 Å². The molecule has 1 saturated heterocycles. The highest BCUT2D eigenvalue weighted by atomic mass is 32.2. The summed E-state index contributed by atoms with van der Waals surface area (Å²) in [5, 5.41) is 12.0. The van der Waals surface area contributed by atoms with E-state index in [1.807, 2.05) is 6.07 Å². The predicted molar refractivity (Wildman–Crippen MR) is 66.6 cm³/mol. The largest absolute Gasteiger partial charge is 0.317 e. The Morgan fingerprint density at radius 2 is 2.17 bits per heavy atom. The number of hydrogen-bond donors (Lipinski definition) is 1. The Labute approximate surface area is 107 Å². The second kappa shape index (κ2) is 5.46. The van der Waals surface area contributed by atoms with Gasteiger partial charge >= 0.3 is 0 Å². The molecule has 5 nitrogen and oxygen atoms in total. The Balaban J connectivity index is 2.22.